The Balaban J connectivity index is 1.90. The average molecular weight is 261 g/mol. The van der Waals surface area contributed by atoms with Crippen molar-refractivity contribution >= 4 is 22.9 Å². The lowest BCUT2D eigenvalue weighted by Crippen LogP contribution is -2.14. The van der Waals surface area contributed by atoms with E-state index >= 15 is 0 Å². The second kappa shape index (κ2) is 6.28. The number of nitrogens with one attached hydrogen (secondary N) is 1. The molecule has 0 saturated heterocycles. The van der Waals surface area contributed by atoms with Crippen molar-refractivity contribution in [3.63, 3.8) is 0 Å². The number of carbonyl (C=O) groups is 1. The lowest BCUT2D eigenvalue weighted by Gasteiger charge is -2.02. The van der Waals surface area contributed by atoms with Crippen molar-refractivity contribution in [2.45, 2.75) is 12.8 Å². The summed E-state index contributed by atoms with van der Waals surface area (Å²) >= 11 is 1.55. The highest BCUT2D eigenvalue weighted by Crippen LogP contribution is 2.12. The molecule has 2 rings (SSSR count). The molecule has 94 valence electrons. The Labute approximate surface area is 110 Å². The van der Waals surface area contributed by atoms with Gasteiger partial charge in [-0.1, -0.05) is 18.2 Å². The van der Waals surface area contributed by atoms with Crippen LogP contribution in [0.2, 0.25) is 0 Å². The summed E-state index contributed by atoms with van der Waals surface area (Å²) in [5.41, 5.74) is 7.07. The second-order valence-electron chi connectivity index (χ2n) is 3.86. The topological polar surface area (TPSA) is 68.0 Å². The van der Waals surface area contributed by atoms with Gasteiger partial charge in [0.05, 0.1) is 17.1 Å². The Morgan fingerprint density at radius 3 is 2.83 bits per heavy atom. The zero-order chi connectivity index (χ0) is 12.8. The maximum Gasteiger partial charge on any atom is 0.230 e. The van der Waals surface area contributed by atoms with Gasteiger partial charge in [-0.05, 0) is 18.7 Å². The van der Waals surface area contributed by atoms with Crippen molar-refractivity contribution < 1.29 is 4.79 Å². The summed E-state index contributed by atoms with van der Waals surface area (Å²) in [7, 11) is 0. The number of carbonyl (C=O) groups excluding carboxylic acids is 1. The molecular formula is C13H15N3OS. The molecule has 1 amide bonds. The molecule has 1 heterocycles. The number of rotatable bonds is 5. The molecule has 0 saturated carbocycles. The third kappa shape index (κ3) is 3.65. The van der Waals surface area contributed by atoms with E-state index in [-0.39, 0.29) is 5.91 Å². The SMILES string of the molecule is NCCc1nc(CC(=O)Nc2ccccc2)cs1. The molecule has 5 heteroatoms. The molecular weight excluding hydrogens is 246 g/mol. The highest BCUT2D eigenvalue weighted by atomic mass is 32.1. The molecule has 2 aromatic rings. The molecule has 0 aliphatic carbocycles. The Morgan fingerprint density at radius 1 is 1.33 bits per heavy atom. The van der Waals surface area contributed by atoms with Gasteiger partial charge in [0.2, 0.25) is 5.91 Å². The number of anilines is 1. The first-order chi connectivity index (χ1) is 8.78. The van der Waals surface area contributed by atoms with E-state index in [2.05, 4.69) is 10.3 Å². The van der Waals surface area contributed by atoms with Crippen molar-refractivity contribution in [2.75, 3.05) is 11.9 Å². The quantitative estimate of drug-likeness (QED) is 0.862. The minimum Gasteiger partial charge on any atom is -0.330 e. The molecule has 0 fully saturated rings. The van der Waals surface area contributed by atoms with Crippen LogP contribution in [0.25, 0.3) is 0 Å². The molecule has 18 heavy (non-hydrogen) atoms. The van der Waals surface area contributed by atoms with Gasteiger partial charge in [0.1, 0.15) is 0 Å². The van der Waals surface area contributed by atoms with Crippen LogP contribution in [0, 0.1) is 0 Å². The number of nitrogens with zero attached hydrogens (tertiary/aromatic N) is 1. The van der Waals surface area contributed by atoms with Gasteiger partial charge < -0.3 is 11.1 Å². The van der Waals surface area contributed by atoms with Gasteiger partial charge in [-0.15, -0.1) is 11.3 Å². The smallest absolute Gasteiger partial charge is 0.230 e. The van der Waals surface area contributed by atoms with E-state index in [0.29, 0.717) is 13.0 Å². The van der Waals surface area contributed by atoms with Crippen LogP contribution in [0.15, 0.2) is 35.7 Å². The first kappa shape index (κ1) is 12.7. The fourth-order valence-electron chi connectivity index (χ4n) is 1.56. The zero-order valence-corrected chi connectivity index (χ0v) is 10.7. The third-order valence-electron chi connectivity index (χ3n) is 2.36. The lowest BCUT2D eigenvalue weighted by molar-refractivity contribution is -0.115. The summed E-state index contributed by atoms with van der Waals surface area (Å²) < 4.78 is 0. The van der Waals surface area contributed by atoms with E-state index in [9.17, 15) is 4.79 Å². The molecule has 0 atom stereocenters. The van der Waals surface area contributed by atoms with E-state index in [0.717, 1.165) is 22.8 Å². The lowest BCUT2D eigenvalue weighted by atomic mass is 10.3. The Bertz CT molecular complexity index is 510. The fourth-order valence-corrected chi connectivity index (χ4v) is 2.37. The number of amides is 1. The van der Waals surface area contributed by atoms with Gasteiger partial charge in [0, 0.05) is 17.5 Å². The molecule has 0 spiro atoms. The van der Waals surface area contributed by atoms with Gasteiger partial charge in [-0.3, -0.25) is 4.79 Å². The van der Waals surface area contributed by atoms with Crippen molar-refractivity contribution in [2.24, 2.45) is 5.73 Å². The van der Waals surface area contributed by atoms with E-state index in [1.807, 2.05) is 35.7 Å². The van der Waals surface area contributed by atoms with Gasteiger partial charge in [0.15, 0.2) is 0 Å². The van der Waals surface area contributed by atoms with Gasteiger partial charge >= 0.3 is 0 Å². The summed E-state index contributed by atoms with van der Waals surface area (Å²) in [6.45, 7) is 0.586. The molecule has 0 aliphatic rings. The van der Waals surface area contributed by atoms with Gasteiger partial charge in [-0.25, -0.2) is 4.98 Å². The summed E-state index contributed by atoms with van der Waals surface area (Å²) in [5, 5.41) is 5.73. The predicted octanol–water partition coefficient (Wildman–Crippen LogP) is 1.83. The first-order valence-corrected chi connectivity index (χ1v) is 6.64. The summed E-state index contributed by atoms with van der Waals surface area (Å²) in [6.07, 6.45) is 1.07. The highest BCUT2D eigenvalue weighted by molar-refractivity contribution is 7.09. The number of para-hydroxylation sites is 1. The number of aromatic nitrogens is 1. The molecule has 1 aromatic heterocycles. The maximum atomic E-state index is 11.8. The van der Waals surface area contributed by atoms with Crippen molar-refractivity contribution in [3.8, 4) is 0 Å². The van der Waals surface area contributed by atoms with Crippen molar-refractivity contribution in [1.82, 2.24) is 4.98 Å². The maximum absolute atomic E-state index is 11.8. The number of nitrogens with two attached hydrogens (primary N) is 1. The number of hydrogen-bond donors (Lipinski definition) is 2. The largest absolute Gasteiger partial charge is 0.330 e. The van der Waals surface area contributed by atoms with E-state index in [4.69, 9.17) is 5.73 Å². The van der Waals surface area contributed by atoms with Crippen LogP contribution < -0.4 is 11.1 Å². The summed E-state index contributed by atoms with van der Waals surface area (Å²) in [4.78, 5) is 16.1. The van der Waals surface area contributed by atoms with E-state index in [1.165, 1.54) is 0 Å². The summed E-state index contributed by atoms with van der Waals surface area (Å²) in [5.74, 6) is -0.0502. The van der Waals surface area contributed by atoms with Crippen LogP contribution in [0.5, 0.6) is 0 Å². The van der Waals surface area contributed by atoms with Crippen LogP contribution in [-0.2, 0) is 17.6 Å². The minimum absolute atomic E-state index is 0.0502. The Morgan fingerprint density at radius 2 is 2.11 bits per heavy atom. The number of hydrogen-bond acceptors (Lipinski definition) is 4. The Kier molecular flexibility index (Phi) is 4.44. The molecule has 0 unspecified atom stereocenters. The first-order valence-electron chi connectivity index (χ1n) is 5.76. The average Bonchev–Trinajstić information content (AvgIpc) is 2.78. The van der Waals surface area contributed by atoms with Crippen LogP contribution in [0.4, 0.5) is 5.69 Å². The van der Waals surface area contributed by atoms with Crippen LogP contribution >= 0.6 is 11.3 Å². The molecule has 0 radical (unpaired) electrons. The number of benzene rings is 1. The third-order valence-corrected chi connectivity index (χ3v) is 3.31. The summed E-state index contributed by atoms with van der Waals surface area (Å²) in [6, 6.07) is 9.41. The minimum atomic E-state index is -0.0502. The molecule has 0 aliphatic heterocycles. The molecule has 0 bridgehead atoms. The standard InChI is InChI=1S/C13H15N3OS/c14-7-6-13-16-11(9-18-13)8-12(17)15-10-4-2-1-3-5-10/h1-5,9H,6-8,14H2,(H,15,17). The van der Waals surface area contributed by atoms with Crippen LogP contribution in [-0.4, -0.2) is 17.4 Å². The van der Waals surface area contributed by atoms with Gasteiger partial charge in [0.25, 0.3) is 0 Å². The molecule has 4 nitrogen and oxygen atoms in total. The Hall–Kier alpha value is -1.72. The zero-order valence-electron chi connectivity index (χ0n) is 9.93. The van der Waals surface area contributed by atoms with Crippen LogP contribution in [0.1, 0.15) is 10.7 Å². The van der Waals surface area contributed by atoms with E-state index in [1.54, 1.807) is 11.3 Å². The number of thiazole rings is 1. The monoisotopic (exact) mass is 261 g/mol. The highest BCUT2D eigenvalue weighted by Gasteiger charge is 2.07. The van der Waals surface area contributed by atoms with E-state index < -0.39 is 0 Å². The second-order valence-corrected chi connectivity index (χ2v) is 4.80. The molecule has 3 N–H and O–H groups in total. The fraction of sp³-hybridized carbons (Fsp3) is 0.231. The van der Waals surface area contributed by atoms with Crippen molar-refractivity contribution in [1.29, 1.82) is 0 Å². The molecule has 1 aromatic carbocycles. The predicted molar refractivity (Wildman–Crippen MR) is 73.6 cm³/mol. The van der Waals surface area contributed by atoms with Crippen molar-refractivity contribution in [3.05, 3.63) is 46.4 Å². The van der Waals surface area contributed by atoms with Gasteiger partial charge in [-0.2, -0.15) is 0 Å². The normalized spacial score (nSPS) is 10.3. The van der Waals surface area contributed by atoms with Crippen LogP contribution in [0.3, 0.4) is 0 Å².